The molecular weight excluding hydrogens is 128 g/mol. The van der Waals surface area contributed by atoms with Crippen LogP contribution in [0.25, 0.3) is 0 Å². The van der Waals surface area contributed by atoms with E-state index in [1.165, 1.54) is 0 Å². The highest BCUT2D eigenvalue weighted by Crippen LogP contribution is 1.92. The van der Waals surface area contributed by atoms with Gasteiger partial charge in [-0.1, -0.05) is 14.9 Å². The summed E-state index contributed by atoms with van der Waals surface area (Å²) >= 11 is 0. The molecule has 60 valence electrons. The zero-order valence-corrected chi connectivity index (χ0v) is 4.68. The molecule has 2 N–H and O–H groups in total. The molecule has 1 aromatic rings. The normalized spacial score (nSPS) is 7.80. The summed E-state index contributed by atoms with van der Waals surface area (Å²) in [5.74, 6) is 0.842. The zero-order chi connectivity index (χ0) is 5.98. The molecule has 0 aromatic carbocycles. The third-order valence-electron chi connectivity index (χ3n) is 0.926. The summed E-state index contributed by atoms with van der Waals surface area (Å²) in [5.41, 5.74) is 0.766. The van der Waals surface area contributed by atoms with E-state index in [4.69, 9.17) is 5.11 Å². The van der Waals surface area contributed by atoms with E-state index >= 15 is 0 Å². The topological polar surface area (TPSA) is 48.9 Å². The molecule has 1 heterocycles. The van der Waals surface area contributed by atoms with Gasteiger partial charge in [0.2, 0.25) is 0 Å². The Bertz CT molecular complexity index is 172. The van der Waals surface area contributed by atoms with Crippen LogP contribution in [-0.2, 0) is 6.61 Å². The summed E-state index contributed by atoms with van der Waals surface area (Å²) in [4.78, 5) is 6.74. The molecule has 0 radical (unpaired) electrons. The lowest BCUT2D eigenvalue weighted by Crippen LogP contribution is -1.80. The molecule has 1 aromatic heterocycles. The van der Waals surface area contributed by atoms with Crippen molar-refractivity contribution in [2.75, 3.05) is 0 Å². The number of aryl methyl sites for hydroxylation is 1. The summed E-state index contributed by atoms with van der Waals surface area (Å²) in [6.45, 7) is 1.89. The SMILES string of the molecule is C.C.Cc1ncc(CO)[nH]1. The Morgan fingerprint density at radius 2 is 2.20 bits per heavy atom. The molecule has 0 spiro atoms. The molecule has 3 nitrogen and oxygen atoms in total. The quantitative estimate of drug-likeness (QED) is 0.627. The van der Waals surface area contributed by atoms with Crippen LogP contribution in [0.15, 0.2) is 6.20 Å². The van der Waals surface area contributed by atoms with Crippen LogP contribution in [0.4, 0.5) is 0 Å². The van der Waals surface area contributed by atoms with E-state index in [-0.39, 0.29) is 21.5 Å². The Kier molecular flexibility index (Phi) is 5.95. The van der Waals surface area contributed by atoms with Gasteiger partial charge in [0.25, 0.3) is 0 Å². The predicted molar refractivity (Wildman–Crippen MR) is 42.7 cm³/mol. The number of nitrogens with zero attached hydrogens (tertiary/aromatic N) is 1. The molecule has 0 fully saturated rings. The number of aromatic nitrogens is 2. The molecular formula is C7H16N2O. The standard InChI is InChI=1S/C5H8N2O.2CH4/c1-4-6-2-5(3-8)7-4;;/h2,8H,3H2,1H3,(H,6,7);2*1H4. The van der Waals surface area contributed by atoms with Gasteiger partial charge in [-0.15, -0.1) is 0 Å². The summed E-state index contributed by atoms with van der Waals surface area (Å²) in [6, 6.07) is 0. The Balaban J connectivity index is 0. The van der Waals surface area contributed by atoms with Crippen LogP contribution in [0.5, 0.6) is 0 Å². The number of aliphatic hydroxyl groups is 1. The van der Waals surface area contributed by atoms with E-state index < -0.39 is 0 Å². The van der Waals surface area contributed by atoms with Gasteiger partial charge in [-0.2, -0.15) is 0 Å². The number of H-pyrrole nitrogens is 1. The summed E-state index contributed by atoms with van der Waals surface area (Å²) < 4.78 is 0. The number of hydrogen-bond acceptors (Lipinski definition) is 2. The summed E-state index contributed by atoms with van der Waals surface area (Å²) in [6.07, 6.45) is 1.62. The maximum Gasteiger partial charge on any atom is 0.103 e. The van der Waals surface area contributed by atoms with E-state index in [0.29, 0.717) is 0 Å². The second-order valence-electron chi connectivity index (χ2n) is 1.65. The Labute approximate surface area is 62.1 Å². The average molecular weight is 144 g/mol. The van der Waals surface area contributed by atoms with Crippen molar-refractivity contribution >= 4 is 0 Å². The van der Waals surface area contributed by atoms with Gasteiger partial charge in [0.15, 0.2) is 0 Å². The Morgan fingerprint density at radius 3 is 2.40 bits per heavy atom. The lowest BCUT2D eigenvalue weighted by molar-refractivity contribution is 0.277. The fourth-order valence-corrected chi connectivity index (χ4v) is 0.552. The molecule has 0 aliphatic heterocycles. The van der Waals surface area contributed by atoms with Gasteiger partial charge < -0.3 is 10.1 Å². The first kappa shape index (κ1) is 11.9. The largest absolute Gasteiger partial charge is 0.390 e. The number of imidazole rings is 1. The van der Waals surface area contributed by atoms with Crippen molar-refractivity contribution < 1.29 is 5.11 Å². The summed E-state index contributed by atoms with van der Waals surface area (Å²) in [7, 11) is 0. The molecule has 0 amide bonds. The second kappa shape index (κ2) is 4.99. The van der Waals surface area contributed by atoms with Crippen molar-refractivity contribution in [3.05, 3.63) is 17.7 Å². The fourth-order valence-electron chi connectivity index (χ4n) is 0.552. The van der Waals surface area contributed by atoms with Gasteiger partial charge in [0.05, 0.1) is 18.5 Å². The second-order valence-corrected chi connectivity index (χ2v) is 1.65. The maximum atomic E-state index is 8.48. The molecule has 0 saturated carbocycles. The molecule has 0 aliphatic carbocycles. The molecule has 3 heteroatoms. The van der Waals surface area contributed by atoms with Crippen LogP contribution < -0.4 is 0 Å². The van der Waals surface area contributed by atoms with E-state index in [9.17, 15) is 0 Å². The number of aromatic amines is 1. The van der Waals surface area contributed by atoms with Crippen LogP contribution in [0.3, 0.4) is 0 Å². The highest BCUT2D eigenvalue weighted by atomic mass is 16.3. The number of aliphatic hydroxyl groups excluding tert-OH is 1. The molecule has 0 aliphatic rings. The minimum atomic E-state index is 0. The monoisotopic (exact) mass is 144 g/mol. The van der Waals surface area contributed by atoms with Gasteiger partial charge in [-0.3, -0.25) is 0 Å². The molecule has 0 unspecified atom stereocenters. The van der Waals surface area contributed by atoms with Crippen molar-refractivity contribution in [1.82, 2.24) is 9.97 Å². The number of rotatable bonds is 1. The van der Waals surface area contributed by atoms with Gasteiger partial charge in [0.1, 0.15) is 5.82 Å². The molecule has 0 saturated heterocycles. The number of nitrogens with one attached hydrogen (secondary N) is 1. The third kappa shape index (κ3) is 2.64. The van der Waals surface area contributed by atoms with Crippen LogP contribution in [0.2, 0.25) is 0 Å². The van der Waals surface area contributed by atoms with Crippen molar-refractivity contribution in [3.63, 3.8) is 0 Å². The number of hydrogen-bond donors (Lipinski definition) is 2. The maximum absolute atomic E-state index is 8.48. The summed E-state index contributed by atoms with van der Waals surface area (Å²) in [5, 5.41) is 8.48. The fraction of sp³-hybridized carbons (Fsp3) is 0.571. The van der Waals surface area contributed by atoms with Crippen LogP contribution in [0, 0.1) is 6.92 Å². The molecule has 1 rings (SSSR count). The van der Waals surface area contributed by atoms with Gasteiger partial charge in [-0.25, -0.2) is 4.98 Å². The lowest BCUT2D eigenvalue weighted by Gasteiger charge is -1.81. The van der Waals surface area contributed by atoms with Gasteiger partial charge >= 0.3 is 0 Å². The Hall–Kier alpha value is -0.830. The lowest BCUT2D eigenvalue weighted by atomic mass is 10.5. The van der Waals surface area contributed by atoms with Gasteiger partial charge in [0, 0.05) is 0 Å². The van der Waals surface area contributed by atoms with Crippen LogP contribution >= 0.6 is 0 Å². The third-order valence-corrected chi connectivity index (χ3v) is 0.926. The first-order chi connectivity index (χ1) is 3.83. The van der Waals surface area contributed by atoms with Crippen molar-refractivity contribution in [2.24, 2.45) is 0 Å². The predicted octanol–water partition coefficient (Wildman–Crippen LogP) is 1.48. The van der Waals surface area contributed by atoms with Gasteiger partial charge in [-0.05, 0) is 6.92 Å². The first-order valence-corrected chi connectivity index (χ1v) is 2.44. The first-order valence-electron chi connectivity index (χ1n) is 2.44. The van der Waals surface area contributed by atoms with Crippen LogP contribution in [0.1, 0.15) is 26.4 Å². The van der Waals surface area contributed by atoms with Crippen molar-refractivity contribution in [2.45, 2.75) is 28.4 Å². The molecule has 10 heavy (non-hydrogen) atoms. The van der Waals surface area contributed by atoms with E-state index in [1.807, 2.05) is 6.92 Å². The van der Waals surface area contributed by atoms with E-state index in [0.717, 1.165) is 11.5 Å². The van der Waals surface area contributed by atoms with Crippen LogP contribution in [-0.4, -0.2) is 15.1 Å². The van der Waals surface area contributed by atoms with Crippen molar-refractivity contribution in [1.29, 1.82) is 0 Å². The van der Waals surface area contributed by atoms with Crippen molar-refractivity contribution in [3.8, 4) is 0 Å². The minimum Gasteiger partial charge on any atom is -0.390 e. The zero-order valence-electron chi connectivity index (χ0n) is 4.68. The smallest absolute Gasteiger partial charge is 0.103 e. The average Bonchev–Trinajstić information content (AvgIpc) is 2.14. The molecule has 0 atom stereocenters. The molecule has 0 bridgehead atoms. The minimum absolute atomic E-state index is 0. The Morgan fingerprint density at radius 1 is 1.60 bits per heavy atom. The van der Waals surface area contributed by atoms with E-state index in [1.54, 1.807) is 6.20 Å². The highest BCUT2D eigenvalue weighted by Gasteiger charge is 1.90. The highest BCUT2D eigenvalue weighted by molar-refractivity contribution is 4.97. The van der Waals surface area contributed by atoms with E-state index in [2.05, 4.69) is 9.97 Å².